The van der Waals surface area contributed by atoms with Crippen molar-refractivity contribution in [3.63, 3.8) is 0 Å². The van der Waals surface area contributed by atoms with Crippen LogP contribution in [0, 0.1) is 5.92 Å². The van der Waals surface area contributed by atoms with Gasteiger partial charge in [0.1, 0.15) is 5.01 Å². The summed E-state index contributed by atoms with van der Waals surface area (Å²) in [6, 6.07) is 3.98. The second kappa shape index (κ2) is 7.11. The average Bonchev–Trinajstić information content (AvgIpc) is 2.94. The number of carbonyl (C=O) groups excluding carboxylic acids is 1. The normalized spacial score (nSPS) is 11.2. The van der Waals surface area contributed by atoms with Crippen molar-refractivity contribution in [1.29, 1.82) is 0 Å². The first kappa shape index (κ1) is 17.8. The van der Waals surface area contributed by atoms with Crippen LogP contribution in [0.4, 0.5) is 5.13 Å². The Morgan fingerprint density at radius 3 is 2.76 bits per heavy atom. The summed E-state index contributed by atoms with van der Waals surface area (Å²) in [5.41, 5.74) is -0.296. The molecule has 1 amide bonds. The molecule has 1 N–H and O–H groups in total. The van der Waals surface area contributed by atoms with Crippen molar-refractivity contribution in [2.24, 2.45) is 5.92 Å². The smallest absolute Gasteiger partial charge is 0.293 e. The topological polar surface area (TPSA) is 85.1 Å². The zero-order valence-corrected chi connectivity index (χ0v) is 15.6. The first-order valence-electron chi connectivity index (χ1n) is 7.40. The number of rotatable bonds is 4. The lowest BCUT2D eigenvalue weighted by Gasteiger charge is -2.04. The van der Waals surface area contributed by atoms with Crippen LogP contribution in [0.3, 0.4) is 0 Å². The van der Waals surface area contributed by atoms with Gasteiger partial charge in [-0.05, 0) is 18.1 Å². The van der Waals surface area contributed by atoms with Gasteiger partial charge in [0.15, 0.2) is 16.8 Å². The zero-order valence-electron chi connectivity index (χ0n) is 13.3. The predicted molar refractivity (Wildman–Crippen MR) is 98.9 cm³/mol. The van der Waals surface area contributed by atoms with Crippen LogP contribution in [-0.2, 0) is 6.42 Å². The molecule has 6 nitrogen and oxygen atoms in total. The van der Waals surface area contributed by atoms with Gasteiger partial charge in [-0.3, -0.25) is 14.9 Å². The van der Waals surface area contributed by atoms with Gasteiger partial charge < -0.3 is 4.42 Å². The Bertz CT molecular complexity index is 1010. The maximum absolute atomic E-state index is 12.3. The van der Waals surface area contributed by atoms with E-state index in [1.165, 1.54) is 23.5 Å². The summed E-state index contributed by atoms with van der Waals surface area (Å²) in [4.78, 5) is 24.5. The first-order chi connectivity index (χ1) is 11.8. The monoisotopic (exact) mass is 397 g/mol. The van der Waals surface area contributed by atoms with Gasteiger partial charge in [0, 0.05) is 17.5 Å². The van der Waals surface area contributed by atoms with E-state index in [9.17, 15) is 9.59 Å². The van der Waals surface area contributed by atoms with Crippen molar-refractivity contribution in [2.45, 2.75) is 20.3 Å². The van der Waals surface area contributed by atoms with Gasteiger partial charge >= 0.3 is 0 Å². The summed E-state index contributed by atoms with van der Waals surface area (Å²) in [7, 11) is 0. The van der Waals surface area contributed by atoms with Gasteiger partial charge in [0.25, 0.3) is 5.91 Å². The molecule has 0 radical (unpaired) electrons. The van der Waals surface area contributed by atoms with E-state index in [0.717, 1.165) is 17.5 Å². The highest BCUT2D eigenvalue weighted by Gasteiger charge is 2.17. The van der Waals surface area contributed by atoms with Gasteiger partial charge in [0.05, 0.1) is 10.4 Å². The number of hydrogen-bond donors (Lipinski definition) is 1. The van der Waals surface area contributed by atoms with E-state index in [-0.39, 0.29) is 21.8 Å². The van der Waals surface area contributed by atoms with E-state index >= 15 is 0 Å². The maximum atomic E-state index is 12.3. The highest BCUT2D eigenvalue weighted by molar-refractivity contribution is 7.15. The summed E-state index contributed by atoms with van der Waals surface area (Å²) in [5, 5.41) is 12.4. The number of benzene rings is 1. The molecule has 0 fully saturated rings. The summed E-state index contributed by atoms with van der Waals surface area (Å²) >= 11 is 13.2. The highest BCUT2D eigenvalue weighted by Crippen LogP contribution is 2.27. The second-order valence-corrected chi connectivity index (χ2v) is 7.70. The number of hydrogen-bond acceptors (Lipinski definition) is 6. The molecule has 9 heteroatoms. The Balaban J connectivity index is 1.90. The van der Waals surface area contributed by atoms with Crippen molar-refractivity contribution in [1.82, 2.24) is 10.2 Å². The number of amides is 1. The van der Waals surface area contributed by atoms with E-state index in [1.807, 2.05) is 0 Å². The van der Waals surface area contributed by atoms with E-state index in [1.54, 1.807) is 0 Å². The molecule has 2 heterocycles. The van der Waals surface area contributed by atoms with Crippen molar-refractivity contribution in [2.75, 3.05) is 5.32 Å². The van der Waals surface area contributed by atoms with Crippen LogP contribution in [0.15, 0.2) is 27.4 Å². The van der Waals surface area contributed by atoms with Crippen LogP contribution >= 0.6 is 34.5 Å². The summed E-state index contributed by atoms with van der Waals surface area (Å²) in [6.07, 6.45) is 0.773. The molecule has 0 unspecified atom stereocenters. The molecular weight excluding hydrogens is 385 g/mol. The van der Waals surface area contributed by atoms with E-state index in [0.29, 0.717) is 16.1 Å². The number of carbonyl (C=O) groups is 1. The molecule has 3 aromatic rings. The molecular formula is C16H13Cl2N3O3S. The fraction of sp³-hybridized carbons (Fsp3) is 0.250. The summed E-state index contributed by atoms with van der Waals surface area (Å²) < 4.78 is 5.49. The van der Waals surface area contributed by atoms with Crippen molar-refractivity contribution < 1.29 is 9.21 Å². The molecule has 3 rings (SSSR count). The third-order valence-corrected chi connectivity index (χ3v) is 4.60. The number of nitrogens with zero attached hydrogens (tertiary/aromatic N) is 2. The third kappa shape index (κ3) is 4.00. The minimum absolute atomic E-state index is 0.112. The lowest BCUT2D eigenvalue weighted by Crippen LogP contribution is -2.15. The second-order valence-electron chi connectivity index (χ2n) is 5.79. The van der Waals surface area contributed by atoms with Crippen LogP contribution in [0.5, 0.6) is 0 Å². The maximum Gasteiger partial charge on any atom is 0.293 e. The SMILES string of the molecule is CC(C)Cc1nnc(NC(=O)c2cc(=O)c3cc(Cl)cc(Cl)c3o2)s1. The largest absolute Gasteiger partial charge is 0.449 e. The van der Waals surface area contributed by atoms with Crippen LogP contribution in [0.2, 0.25) is 10.0 Å². The standard InChI is InChI=1S/C16H13Cl2N3O3S/c1-7(2)3-13-20-21-16(25-13)19-15(23)12-6-11(22)9-4-8(17)5-10(18)14(9)24-12/h4-7H,3H2,1-2H3,(H,19,21,23). The van der Waals surface area contributed by atoms with Crippen molar-refractivity contribution in [3.05, 3.63) is 49.2 Å². The minimum atomic E-state index is -0.600. The molecule has 0 aliphatic rings. The van der Waals surface area contributed by atoms with Gasteiger partial charge in [-0.15, -0.1) is 10.2 Å². The van der Waals surface area contributed by atoms with Crippen LogP contribution < -0.4 is 10.7 Å². The molecule has 2 aromatic heterocycles. The van der Waals surface area contributed by atoms with Gasteiger partial charge in [-0.25, -0.2) is 0 Å². The Morgan fingerprint density at radius 1 is 1.28 bits per heavy atom. The number of fused-ring (bicyclic) bond motifs is 1. The molecule has 0 saturated carbocycles. The first-order valence-corrected chi connectivity index (χ1v) is 8.97. The number of halogens is 2. The van der Waals surface area contributed by atoms with Crippen LogP contribution in [0.25, 0.3) is 11.0 Å². The van der Waals surface area contributed by atoms with Crippen LogP contribution in [-0.4, -0.2) is 16.1 Å². The van der Waals surface area contributed by atoms with Gasteiger partial charge in [0.2, 0.25) is 5.13 Å². The minimum Gasteiger partial charge on any atom is -0.449 e. The molecule has 0 bridgehead atoms. The summed E-state index contributed by atoms with van der Waals surface area (Å²) in [6.45, 7) is 4.14. The lowest BCUT2D eigenvalue weighted by atomic mass is 10.1. The Hall–Kier alpha value is -1.96. The molecule has 25 heavy (non-hydrogen) atoms. The third-order valence-electron chi connectivity index (χ3n) is 3.24. The number of nitrogens with one attached hydrogen (secondary N) is 1. The molecule has 0 saturated heterocycles. The van der Waals surface area contributed by atoms with E-state index in [2.05, 4.69) is 29.4 Å². The Labute approximate surface area is 156 Å². The van der Waals surface area contributed by atoms with Crippen molar-refractivity contribution in [3.8, 4) is 0 Å². The molecule has 0 aliphatic heterocycles. The van der Waals surface area contributed by atoms with Crippen LogP contribution in [0.1, 0.15) is 29.4 Å². The van der Waals surface area contributed by atoms with E-state index < -0.39 is 11.3 Å². The number of anilines is 1. The Kier molecular flexibility index (Phi) is 5.08. The number of aromatic nitrogens is 2. The zero-order chi connectivity index (χ0) is 18.1. The molecule has 1 aromatic carbocycles. The predicted octanol–water partition coefficient (Wildman–Crippen LogP) is 4.40. The molecule has 0 atom stereocenters. The quantitative estimate of drug-likeness (QED) is 0.704. The summed E-state index contributed by atoms with van der Waals surface area (Å²) in [5.74, 6) is -0.330. The van der Waals surface area contributed by atoms with Gasteiger partial charge in [-0.1, -0.05) is 48.4 Å². The average molecular weight is 398 g/mol. The van der Waals surface area contributed by atoms with Gasteiger partial charge in [-0.2, -0.15) is 0 Å². The fourth-order valence-corrected chi connectivity index (χ4v) is 3.67. The molecule has 0 spiro atoms. The van der Waals surface area contributed by atoms with Crippen molar-refractivity contribution >= 4 is 56.5 Å². The molecule has 0 aliphatic carbocycles. The highest BCUT2D eigenvalue weighted by atomic mass is 35.5. The molecule has 130 valence electrons. The Morgan fingerprint density at radius 2 is 2.04 bits per heavy atom. The van der Waals surface area contributed by atoms with E-state index in [4.69, 9.17) is 27.6 Å². The fourth-order valence-electron chi connectivity index (χ4n) is 2.19. The lowest BCUT2D eigenvalue weighted by molar-refractivity contribution is 0.0997.